The van der Waals surface area contributed by atoms with Crippen molar-refractivity contribution in [2.45, 2.75) is 32.5 Å². The molecule has 0 amide bonds. The average Bonchev–Trinajstić information content (AvgIpc) is 2.41. The fourth-order valence-electron chi connectivity index (χ4n) is 2.87. The molecule has 0 radical (unpaired) electrons. The molecule has 5 heteroatoms. The molecule has 1 aliphatic rings. The Bertz CT molecular complexity index is 756. The average molecular weight is 308 g/mol. The van der Waals surface area contributed by atoms with Crippen molar-refractivity contribution in [2.75, 3.05) is 0 Å². The second-order valence-corrected chi connectivity index (χ2v) is 5.76. The van der Waals surface area contributed by atoms with E-state index in [0.717, 1.165) is 11.1 Å². The van der Waals surface area contributed by atoms with Gasteiger partial charge in [0.15, 0.2) is 0 Å². The second kappa shape index (κ2) is 5.28. The summed E-state index contributed by atoms with van der Waals surface area (Å²) in [6.07, 6.45) is 1.86. The smallest absolute Gasteiger partial charge is 0.248 e. The first kappa shape index (κ1) is 14.3. The molecular weight excluding hydrogens is 293 g/mol. The van der Waals surface area contributed by atoms with E-state index in [4.69, 9.17) is 16.3 Å². The van der Waals surface area contributed by atoms with E-state index in [2.05, 4.69) is 4.98 Å². The molecular formula is C16H15ClFNO2. The standard InChI is InChI=1S/C16H15ClFNO2/c1-8-5-10-3-4-13(17)16(18)15(10)11-6-14(20)19-7-12(11)9(2)21-8/h3-4,6-9H,5H2,1-2H3,(H,19,20)/t8-,9?/m1/s1. The molecule has 0 bridgehead atoms. The largest absolute Gasteiger partial charge is 0.370 e. The zero-order chi connectivity index (χ0) is 15.1. The summed E-state index contributed by atoms with van der Waals surface area (Å²) in [7, 11) is 0. The van der Waals surface area contributed by atoms with E-state index in [-0.39, 0.29) is 22.8 Å². The van der Waals surface area contributed by atoms with E-state index in [1.165, 1.54) is 6.07 Å². The van der Waals surface area contributed by atoms with Gasteiger partial charge in [0.1, 0.15) is 5.82 Å². The molecule has 21 heavy (non-hydrogen) atoms. The van der Waals surface area contributed by atoms with Crippen LogP contribution in [-0.4, -0.2) is 11.1 Å². The number of nitrogens with one attached hydrogen (secondary N) is 1. The summed E-state index contributed by atoms with van der Waals surface area (Å²) in [5, 5.41) is 0.0572. The van der Waals surface area contributed by atoms with Crippen LogP contribution in [0.15, 0.2) is 29.2 Å². The van der Waals surface area contributed by atoms with Crippen molar-refractivity contribution >= 4 is 11.6 Å². The quantitative estimate of drug-likeness (QED) is 0.803. The lowest BCUT2D eigenvalue weighted by Gasteiger charge is -2.26. The summed E-state index contributed by atoms with van der Waals surface area (Å²) in [6, 6.07) is 4.74. The Morgan fingerprint density at radius 3 is 2.90 bits per heavy atom. The number of hydrogen-bond acceptors (Lipinski definition) is 2. The fourth-order valence-corrected chi connectivity index (χ4v) is 3.02. The number of H-pyrrole nitrogens is 1. The molecule has 1 aromatic heterocycles. The van der Waals surface area contributed by atoms with Gasteiger partial charge in [0.05, 0.1) is 17.2 Å². The minimum atomic E-state index is -0.484. The zero-order valence-corrected chi connectivity index (χ0v) is 12.5. The van der Waals surface area contributed by atoms with E-state index in [0.29, 0.717) is 17.5 Å². The Morgan fingerprint density at radius 1 is 1.38 bits per heavy atom. The first-order valence-corrected chi connectivity index (χ1v) is 7.20. The van der Waals surface area contributed by atoms with Gasteiger partial charge >= 0.3 is 0 Å². The molecule has 1 aromatic carbocycles. The molecule has 1 N–H and O–H groups in total. The van der Waals surface area contributed by atoms with Crippen LogP contribution in [-0.2, 0) is 11.2 Å². The van der Waals surface area contributed by atoms with Crippen LogP contribution in [0.5, 0.6) is 0 Å². The van der Waals surface area contributed by atoms with Gasteiger partial charge in [-0.25, -0.2) is 4.39 Å². The molecule has 2 heterocycles. The third kappa shape index (κ3) is 2.49. The molecule has 0 saturated carbocycles. The highest BCUT2D eigenvalue weighted by Crippen LogP contribution is 2.38. The van der Waals surface area contributed by atoms with Gasteiger partial charge in [-0.3, -0.25) is 4.79 Å². The number of rotatable bonds is 0. The van der Waals surface area contributed by atoms with Gasteiger partial charge in [0.2, 0.25) is 5.56 Å². The highest BCUT2D eigenvalue weighted by molar-refractivity contribution is 6.31. The summed E-state index contributed by atoms with van der Waals surface area (Å²) in [5.41, 5.74) is 2.23. The third-order valence-electron chi connectivity index (χ3n) is 3.79. The van der Waals surface area contributed by atoms with Crippen molar-refractivity contribution in [1.82, 2.24) is 4.98 Å². The monoisotopic (exact) mass is 307 g/mol. The zero-order valence-electron chi connectivity index (χ0n) is 11.7. The number of ether oxygens (including phenoxy) is 1. The van der Waals surface area contributed by atoms with Gasteiger partial charge in [-0.1, -0.05) is 17.7 Å². The molecule has 1 aliphatic heterocycles. The summed E-state index contributed by atoms with van der Waals surface area (Å²) >= 11 is 5.93. The Morgan fingerprint density at radius 2 is 2.14 bits per heavy atom. The Kier molecular flexibility index (Phi) is 3.59. The van der Waals surface area contributed by atoms with Gasteiger partial charge in [0.25, 0.3) is 0 Å². The molecule has 0 saturated heterocycles. The van der Waals surface area contributed by atoms with Gasteiger partial charge in [0, 0.05) is 23.4 Å². The number of pyridine rings is 1. The summed E-state index contributed by atoms with van der Waals surface area (Å²) in [4.78, 5) is 14.3. The number of aromatic amines is 1. The first-order chi connectivity index (χ1) is 9.97. The first-order valence-electron chi connectivity index (χ1n) is 6.82. The predicted molar refractivity (Wildman–Crippen MR) is 80.1 cm³/mol. The van der Waals surface area contributed by atoms with Crippen LogP contribution in [0, 0.1) is 5.82 Å². The molecule has 1 unspecified atom stereocenters. The molecule has 2 aromatic rings. The van der Waals surface area contributed by atoms with Crippen LogP contribution in [0.3, 0.4) is 0 Å². The maximum atomic E-state index is 14.6. The number of fused-ring (bicyclic) bond motifs is 3. The second-order valence-electron chi connectivity index (χ2n) is 5.35. The Labute approximate surface area is 126 Å². The maximum absolute atomic E-state index is 14.6. The third-order valence-corrected chi connectivity index (χ3v) is 4.08. The lowest BCUT2D eigenvalue weighted by atomic mass is 9.90. The lowest BCUT2D eigenvalue weighted by molar-refractivity contribution is 0.00695. The van der Waals surface area contributed by atoms with Crippen molar-refractivity contribution < 1.29 is 9.13 Å². The van der Waals surface area contributed by atoms with Gasteiger partial charge in [-0.05, 0) is 37.5 Å². The summed E-state index contributed by atoms with van der Waals surface area (Å²) in [6.45, 7) is 3.84. The molecule has 2 atom stereocenters. The molecule has 3 rings (SSSR count). The van der Waals surface area contributed by atoms with Crippen molar-refractivity contribution in [3.05, 3.63) is 56.7 Å². The van der Waals surface area contributed by atoms with Crippen LogP contribution in [0.1, 0.15) is 31.1 Å². The van der Waals surface area contributed by atoms with Gasteiger partial charge in [-0.15, -0.1) is 0 Å². The highest BCUT2D eigenvalue weighted by atomic mass is 35.5. The molecule has 0 spiro atoms. The maximum Gasteiger partial charge on any atom is 0.248 e. The van der Waals surface area contributed by atoms with E-state index in [1.807, 2.05) is 13.8 Å². The van der Waals surface area contributed by atoms with Crippen molar-refractivity contribution in [3.63, 3.8) is 0 Å². The fraction of sp³-hybridized carbons (Fsp3) is 0.312. The lowest BCUT2D eigenvalue weighted by Crippen LogP contribution is -2.20. The minimum absolute atomic E-state index is 0.0561. The van der Waals surface area contributed by atoms with E-state index in [1.54, 1.807) is 18.3 Å². The molecule has 0 fully saturated rings. The van der Waals surface area contributed by atoms with Gasteiger partial charge < -0.3 is 9.72 Å². The predicted octanol–water partition coefficient (Wildman–Crippen LogP) is 3.86. The van der Waals surface area contributed by atoms with Crippen molar-refractivity contribution in [3.8, 4) is 11.1 Å². The van der Waals surface area contributed by atoms with Crippen LogP contribution in [0.25, 0.3) is 11.1 Å². The van der Waals surface area contributed by atoms with E-state index in [9.17, 15) is 9.18 Å². The highest BCUT2D eigenvalue weighted by Gasteiger charge is 2.25. The van der Waals surface area contributed by atoms with Gasteiger partial charge in [-0.2, -0.15) is 0 Å². The van der Waals surface area contributed by atoms with Crippen molar-refractivity contribution in [1.29, 1.82) is 0 Å². The number of halogens is 2. The number of benzene rings is 1. The Balaban J connectivity index is 2.37. The molecule has 0 aliphatic carbocycles. The number of hydrogen-bond donors (Lipinski definition) is 1. The summed E-state index contributed by atoms with van der Waals surface area (Å²) < 4.78 is 20.5. The minimum Gasteiger partial charge on any atom is -0.370 e. The van der Waals surface area contributed by atoms with E-state index >= 15 is 0 Å². The van der Waals surface area contributed by atoms with Crippen LogP contribution in [0.2, 0.25) is 5.02 Å². The summed E-state index contributed by atoms with van der Waals surface area (Å²) in [5.74, 6) is -0.484. The van der Waals surface area contributed by atoms with Crippen molar-refractivity contribution in [2.24, 2.45) is 0 Å². The van der Waals surface area contributed by atoms with Crippen LogP contribution < -0.4 is 5.56 Å². The van der Waals surface area contributed by atoms with Crippen LogP contribution >= 0.6 is 11.6 Å². The topological polar surface area (TPSA) is 42.1 Å². The SMILES string of the molecule is CC1O[C@H](C)Cc2ccc(Cl)c(F)c2-c2cc(=O)[nH]cc21. The van der Waals surface area contributed by atoms with E-state index < -0.39 is 5.82 Å². The van der Waals surface area contributed by atoms with Crippen LogP contribution in [0.4, 0.5) is 4.39 Å². The molecule has 110 valence electrons. The normalized spacial score (nSPS) is 21.1. The number of aromatic nitrogens is 1. The Hall–Kier alpha value is -1.65. The molecule has 3 nitrogen and oxygen atoms in total.